The van der Waals surface area contributed by atoms with E-state index in [0.29, 0.717) is 12.0 Å². The highest BCUT2D eigenvalue weighted by atomic mass is 16.1. The van der Waals surface area contributed by atoms with Crippen molar-refractivity contribution in [2.75, 3.05) is 19.6 Å². The summed E-state index contributed by atoms with van der Waals surface area (Å²) in [6.45, 7) is 9.20. The predicted octanol–water partition coefficient (Wildman–Crippen LogP) is 2.91. The first-order valence-corrected chi connectivity index (χ1v) is 6.28. The lowest BCUT2D eigenvalue weighted by molar-refractivity contribution is 0.0940. The fraction of sp³-hybridized carbons (Fsp3) is 0.533. The van der Waals surface area contributed by atoms with Gasteiger partial charge in [-0.05, 0) is 31.4 Å². The average molecular weight is 231 g/mol. The number of rotatable bonds is 3. The molecule has 2 nitrogen and oxygen atoms in total. The summed E-state index contributed by atoms with van der Waals surface area (Å²) < 4.78 is 0. The first kappa shape index (κ1) is 12.3. The van der Waals surface area contributed by atoms with Crippen LogP contribution < -0.4 is 0 Å². The van der Waals surface area contributed by atoms with Gasteiger partial charge in [0.05, 0.1) is 6.54 Å². The molecule has 0 aromatic heterocycles. The van der Waals surface area contributed by atoms with E-state index in [1.54, 1.807) is 0 Å². The number of nitrogens with zero attached hydrogens (tertiary/aromatic N) is 1. The third-order valence-corrected chi connectivity index (χ3v) is 3.46. The van der Waals surface area contributed by atoms with Crippen molar-refractivity contribution in [3.63, 3.8) is 0 Å². The van der Waals surface area contributed by atoms with Crippen molar-refractivity contribution in [3.8, 4) is 0 Å². The van der Waals surface area contributed by atoms with Gasteiger partial charge in [0.15, 0.2) is 5.78 Å². The zero-order valence-electron chi connectivity index (χ0n) is 11.0. The van der Waals surface area contributed by atoms with Crippen LogP contribution in [-0.2, 0) is 0 Å². The van der Waals surface area contributed by atoms with Crippen LogP contribution in [0.25, 0.3) is 0 Å². The Kier molecular flexibility index (Phi) is 3.34. The van der Waals surface area contributed by atoms with Crippen LogP contribution in [0.15, 0.2) is 24.3 Å². The summed E-state index contributed by atoms with van der Waals surface area (Å²) >= 11 is 0. The Labute approximate surface area is 104 Å². The Bertz CT molecular complexity index is 423. The quantitative estimate of drug-likeness (QED) is 0.745. The second kappa shape index (κ2) is 4.61. The maximum absolute atomic E-state index is 12.1. The van der Waals surface area contributed by atoms with Crippen molar-refractivity contribution < 1.29 is 4.79 Å². The van der Waals surface area contributed by atoms with Gasteiger partial charge in [-0.3, -0.25) is 9.69 Å². The van der Waals surface area contributed by atoms with E-state index in [-0.39, 0.29) is 5.78 Å². The van der Waals surface area contributed by atoms with Crippen molar-refractivity contribution in [2.24, 2.45) is 5.41 Å². The minimum absolute atomic E-state index is 0.242. The molecular formula is C15H21NO. The molecule has 0 amide bonds. The summed E-state index contributed by atoms with van der Waals surface area (Å²) in [4.78, 5) is 14.4. The molecule has 0 saturated carbocycles. The zero-order valence-corrected chi connectivity index (χ0v) is 11.0. The van der Waals surface area contributed by atoms with Crippen LogP contribution >= 0.6 is 0 Å². The molecule has 1 fully saturated rings. The molecule has 1 aliphatic rings. The van der Waals surface area contributed by atoms with E-state index in [1.165, 1.54) is 6.42 Å². The molecule has 2 heteroatoms. The van der Waals surface area contributed by atoms with Crippen LogP contribution in [0.3, 0.4) is 0 Å². The topological polar surface area (TPSA) is 20.3 Å². The molecule has 0 atom stereocenters. The highest BCUT2D eigenvalue weighted by Gasteiger charge is 2.30. The lowest BCUT2D eigenvalue weighted by atomic mass is 9.93. The number of hydrogen-bond acceptors (Lipinski definition) is 2. The SMILES string of the molecule is Cc1cccc(C(=O)CN2CCC(C)(C)C2)c1. The lowest BCUT2D eigenvalue weighted by Crippen LogP contribution is -2.29. The molecular weight excluding hydrogens is 210 g/mol. The molecule has 1 aromatic rings. The van der Waals surface area contributed by atoms with Crippen LogP contribution in [0.1, 0.15) is 36.2 Å². The number of Topliss-reactive ketones (excluding diaryl/α,β-unsaturated/α-hetero) is 1. The zero-order chi connectivity index (χ0) is 12.5. The summed E-state index contributed by atoms with van der Waals surface area (Å²) in [6, 6.07) is 7.87. The van der Waals surface area contributed by atoms with Gasteiger partial charge in [-0.1, -0.05) is 37.6 Å². The van der Waals surface area contributed by atoms with Crippen LogP contribution in [0, 0.1) is 12.3 Å². The fourth-order valence-corrected chi connectivity index (χ4v) is 2.47. The van der Waals surface area contributed by atoms with Crippen molar-refractivity contribution in [2.45, 2.75) is 27.2 Å². The Morgan fingerprint density at radius 2 is 2.18 bits per heavy atom. The van der Waals surface area contributed by atoms with E-state index in [2.05, 4.69) is 18.7 Å². The highest BCUT2D eigenvalue weighted by Crippen LogP contribution is 2.28. The summed E-state index contributed by atoms with van der Waals surface area (Å²) in [5.41, 5.74) is 2.36. The van der Waals surface area contributed by atoms with Crippen LogP contribution in [0.2, 0.25) is 0 Å². The van der Waals surface area contributed by atoms with Gasteiger partial charge in [-0.15, -0.1) is 0 Å². The third kappa shape index (κ3) is 3.16. The Hall–Kier alpha value is -1.15. The van der Waals surface area contributed by atoms with Crippen molar-refractivity contribution in [1.82, 2.24) is 4.90 Å². The summed E-state index contributed by atoms with van der Waals surface area (Å²) in [6.07, 6.45) is 1.19. The number of hydrogen-bond donors (Lipinski definition) is 0. The molecule has 0 aliphatic carbocycles. The minimum atomic E-state index is 0.242. The summed E-state index contributed by atoms with van der Waals surface area (Å²) in [7, 11) is 0. The van der Waals surface area contributed by atoms with Gasteiger partial charge in [0.25, 0.3) is 0 Å². The Morgan fingerprint density at radius 3 is 2.76 bits per heavy atom. The van der Waals surface area contributed by atoms with E-state index in [9.17, 15) is 4.79 Å². The number of carbonyl (C=O) groups is 1. The lowest BCUT2D eigenvalue weighted by Gasteiger charge is -2.19. The first-order chi connectivity index (χ1) is 7.96. The molecule has 1 aromatic carbocycles. The summed E-state index contributed by atoms with van der Waals surface area (Å²) in [5, 5.41) is 0. The van der Waals surface area contributed by atoms with Crippen molar-refractivity contribution in [3.05, 3.63) is 35.4 Å². The molecule has 1 heterocycles. The van der Waals surface area contributed by atoms with Crippen LogP contribution in [0.5, 0.6) is 0 Å². The second-order valence-electron chi connectivity index (χ2n) is 5.92. The number of aryl methyl sites for hydroxylation is 1. The maximum atomic E-state index is 12.1. The van der Waals surface area contributed by atoms with Crippen molar-refractivity contribution >= 4 is 5.78 Å². The molecule has 2 rings (SSSR count). The highest BCUT2D eigenvalue weighted by molar-refractivity contribution is 5.97. The molecule has 0 N–H and O–H groups in total. The van der Waals surface area contributed by atoms with E-state index >= 15 is 0 Å². The predicted molar refractivity (Wildman–Crippen MR) is 70.3 cm³/mol. The van der Waals surface area contributed by atoms with Gasteiger partial charge < -0.3 is 0 Å². The smallest absolute Gasteiger partial charge is 0.176 e. The Morgan fingerprint density at radius 1 is 1.41 bits per heavy atom. The largest absolute Gasteiger partial charge is 0.295 e. The monoisotopic (exact) mass is 231 g/mol. The van der Waals surface area contributed by atoms with E-state index in [1.807, 2.05) is 31.2 Å². The normalized spacial score (nSPS) is 19.5. The van der Waals surface area contributed by atoms with Gasteiger partial charge in [0, 0.05) is 12.1 Å². The van der Waals surface area contributed by atoms with Gasteiger partial charge >= 0.3 is 0 Å². The molecule has 0 radical (unpaired) electrons. The molecule has 0 unspecified atom stereocenters. The second-order valence-corrected chi connectivity index (χ2v) is 5.92. The number of ketones is 1. The maximum Gasteiger partial charge on any atom is 0.176 e. The molecule has 1 aliphatic heterocycles. The minimum Gasteiger partial charge on any atom is -0.295 e. The fourth-order valence-electron chi connectivity index (χ4n) is 2.47. The molecule has 92 valence electrons. The molecule has 0 spiro atoms. The Balaban J connectivity index is 1.98. The van der Waals surface area contributed by atoms with Gasteiger partial charge in [-0.25, -0.2) is 0 Å². The van der Waals surface area contributed by atoms with Gasteiger partial charge in [0.2, 0.25) is 0 Å². The number of carbonyl (C=O) groups excluding carboxylic acids is 1. The van der Waals surface area contributed by atoms with Crippen LogP contribution in [0.4, 0.5) is 0 Å². The average Bonchev–Trinajstić information content (AvgIpc) is 2.58. The van der Waals surface area contributed by atoms with E-state index < -0.39 is 0 Å². The third-order valence-electron chi connectivity index (χ3n) is 3.46. The number of likely N-dealkylation sites (tertiary alicyclic amines) is 1. The molecule has 17 heavy (non-hydrogen) atoms. The first-order valence-electron chi connectivity index (χ1n) is 6.28. The van der Waals surface area contributed by atoms with Gasteiger partial charge in [-0.2, -0.15) is 0 Å². The van der Waals surface area contributed by atoms with Crippen LogP contribution in [-0.4, -0.2) is 30.3 Å². The van der Waals surface area contributed by atoms with E-state index in [4.69, 9.17) is 0 Å². The van der Waals surface area contributed by atoms with Gasteiger partial charge in [0.1, 0.15) is 0 Å². The molecule has 0 bridgehead atoms. The standard InChI is InChI=1S/C15H21NO/c1-12-5-4-6-13(9-12)14(17)10-16-8-7-15(2,3)11-16/h4-6,9H,7-8,10-11H2,1-3H3. The van der Waals surface area contributed by atoms with Crippen molar-refractivity contribution in [1.29, 1.82) is 0 Å². The summed E-state index contributed by atoms with van der Waals surface area (Å²) in [5.74, 6) is 0.242. The number of benzene rings is 1. The molecule has 1 saturated heterocycles. The van der Waals surface area contributed by atoms with E-state index in [0.717, 1.165) is 24.2 Å².